The maximum absolute atomic E-state index is 12.5. The van der Waals surface area contributed by atoms with Gasteiger partial charge in [0.1, 0.15) is 0 Å². The van der Waals surface area contributed by atoms with Crippen LogP contribution in [0.4, 0.5) is 0 Å². The van der Waals surface area contributed by atoms with Gasteiger partial charge < -0.3 is 5.11 Å². The van der Waals surface area contributed by atoms with Gasteiger partial charge in [-0.25, -0.2) is 0 Å². The third-order valence-corrected chi connectivity index (χ3v) is 7.18. The number of hydrogen-bond donors (Lipinski definition) is 2. The average Bonchev–Trinajstić information content (AvgIpc) is 2.39. The molecular weight excluding hydrogens is 324 g/mol. The number of aliphatic hydroxyl groups excluding tert-OH is 1. The van der Waals surface area contributed by atoms with Crippen molar-refractivity contribution in [2.45, 2.75) is 52.1 Å². The number of aliphatic hydroxyl groups is 1. The molecule has 0 aromatic rings. The maximum atomic E-state index is 12.5. The average molecular weight is 351 g/mol. The zero-order chi connectivity index (χ0) is 16.5. The van der Waals surface area contributed by atoms with E-state index in [4.69, 9.17) is 4.55 Å². The summed E-state index contributed by atoms with van der Waals surface area (Å²) in [6.45, 7) is 4.06. The smallest absolute Gasteiger partial charge is 0.264 e. The van der Waals surface area contributed by atoms with Crippen LogP contribution in [0.5, 0.6) is 0 Å². The fourth-order valence-electron chi connectivity index (χ4n) is 4.21. The Kier molecular flexibility index (Phi) is 5.63. The summed E-state index contributed by atoms with van der Waals surface area (Å²) in [5.41, 5.74) is -0.419. The summed E-state index contributed by atoms with van der Waals surface area (Å²) in [4.78, 5) is 12.5. The van der Waals surface area contributed by atoms with Crippen molar-refractivity contribution in [2.75, 3.05) is 11.5 Å². The zero-order valence-corrected chi connectivity index (χ0v) is 14.8. The normalized spacial score (nSPS) is 38.7. The Morgan fingerprint density at radius 2 is 2.00 bits per heavy atom. The number of fused-ring (bicyclic) bond motifs is 2. The third kappa shape index (κ3) is 4.46. The monoisotopic (exact) mass is 350 g/mol. The summed E-state index contributed by atoms with van der Waals surface area (Å²) in [5, 5.41) is 10.4. The standard InChI is InChI=1S/C15H26O5S2/c1-10-6-11-7-12(13(10)16)9-15(2,8-11)14(17)21-4-3-5-22(18,19)20/h10-13,16H,3-9H2,1-2H3,(H,18,19,20). The highest BCUT2D eigenvalue weighted by atomic mass is 32.2. The van der Waals surface area contributed by atoms with Gasteiger partial charge in [0.05, 0.1) is 11.9 Å². The van der Waals surface area contributed by atoms with Gasteiger partial charge in [0.15, 0.2) is 5.12 Å². The largest absolute Gasteiger partial charge is 0.393 e. The molecule has 7 heteroatoms. The van der Waals surface area contributed by atoms with Gasteiger partial charge in [-0.15, -0.1) is 0 Å². The molecule has 2 N–H and O–H groups in total. The van der Waals surface area contributed by atoms with Crippen LogP contribution in [0, 0.1) is 23.2 Å². The SMILES string of the molecule is CC1CC2CC(CC(C)(C(=O)SCCCS(=O)(=O)O)C2)C1O. The molecule has 5 nitrogen and oxygen atoms in total. The Balaban J connectivity index is 1.89. The topological polar surface area (TPSA) is 91.7 Å². The minimum absolute atomic E-state index is 0.0966. The second kappa shape index (κ2) is 6.79. The van der Waals surface area contributed by atoms with Crippen LogP contribution >= 0.6 is 11.8 Å². The van der Waals surface area contributed by atoms with E-state index >= 15 is 0 Å². The van der Waals surface area contributed by atoms with Crippen LogP contribution in [-0.4, -0.2) is 40.8 Å². The van der Waals surface area contributed by atoms with Crippen molar-refractivity contribution in [3.8, 4) is 0 Å². The van der Waals surface area contributed by atoms with Crippen LogP contribution in [0.15, 0.2) is 0 Å². The molecule has 2 aliphatic carbocycles. The molecule has 2 saturated carbocycles. The highest BCUT2D eigenvalue weighted by Gasteiger charge is 2.48. The maximum Gasteiger partial charge on any atom is 0.264 e. The summed E-state index contributed by atoms with van der Waals surface area (Å²) in [5.74, 6) is 1.12. The van der Waals surface area contributed by atoms with Crippen molar-refractivity contribution in [1.29, 1.82) is 0 Å². The Morgan fingerprint density at radius 3 is 2.64 bits per heavy atom. The lowest BCUT2D eigenvalue weighted by Gasteiger charge is -2.48. The van der Waals surface area contributed by atoms with Gasteiger partial charge in [-0.3, -0.25) is 9.35 Å². The third-order valence-electron chi connectivity index (χ3n) is 5.13. The van der Waals surface area contributed by atoms with E-state index < -0.39 is 15.5 Å². The first kappa shape index (κ1) is 18.2. The van der Waals surface area contributed by atoms with Crippen LogP contribution in [0.2, 0.25) is 0 Å². The Bertz CT molecular complexity index is 516. The van der Waals surface area contributed by atoms with Gasteiger partial charge in [-0.1, -0.05) is 25.6 Å². The van der Waals surface area contributed by atoms with Crippen molar-refractivity contribution < 1.29 is 22.9 Å². The van der Waals surface area contributed by atoms with Gasteiger partial charge >= 0.3 is 0 Å². The first-order valence-corrected chi connectivity index (χ1v) is 10.5. The predicted octanol–water partition coefficient (Wildman–Crippen LogP) is 2.35. The molecule has 5 unspecified atom stereocenters. The number of carbonyl (C=O) groups excluding carboxylic acids is 1. The van der Waals surface area contributed by atoms with E-state index in [1.54, 1.807) is 0 Å². The quantitative estimate of drug-likeness (QED) is 0.584. The van der Waals surface area contributed by atoms with Gasteiger partial charge in [-0.2, -0.15) is 8.42 Å². The van der Waals surface area contributed by atoms with Crippen molar-refractivity contribution in [3.63, 3.8) is 0 Å². The number of hydrogen-bond acceptors (Lipinski definition) is 5. The van der Waals surface area contributed by atoms with E-state index in [2.05, 4.69) is 6.92 Å². The van der Waals surface area contributed by atoms with Gasteiger partial charge in [0.25, 0.3) is 10.1 Å². The molecule has 0 aliphatic heterocycles. The van der Waals surface area contributed by atoms with E-state index in [0.29, 0.717) is 17.6 Å². The minimum atomic E-state index is -3.95. The van der Waals surface area contributed by atoms with Crippen LogP contribution in [0.3, 0.4) is 0 Å². The molecule has 0 saturated heterocycles. The van der Waals surface area contributed by atoms with E-state index in [1.165, 1.54) is 11.8 Å². The molecule has 2 bridgehead atoms. The highest BCUT2D eigenvalue weighted by Crippen LogP contribution is 2.51. The molecule has 2 aliphatic rings. The fraction of sp³-hybridized carbons (Fsp3) is 0.933. The summed E-state index contributed by atoms with van der Waals surface area (Å²) < 4.78 is 30.0. The lowest BCUT2D eigenvalue weighted by atomic mass is 9.59. The Labute approximate surface area is 137 Å². The molecule has 2 rings (SSSR count). The summed E-state index contributed by atoms with van der Waals surface area (Å²) in [6.07, 6.45) is 3.55. The molecule has 128 valence electrons. The van der Waals surface area contributed by atoms with Crippen LogP contribution in [0.1, 0.15) is 46.0 Å². The van der Waals surface area contributed by atoms with Crippen molar-refractivity contribution in [1.82, 2.24) is 0 Å². The Hall–Kier alpha value is -0.110. The number of thioether (sulfide) groups is 1. The summed E-state index contributed by atoms with van der Waals surface area (Å²) in [7, 11) is -3.95. The Morgan fingerprint density at radius 1 is 1.32 bits per heavy atom. The summed E-state index contributed by atoms with van der Waals surface area (Å²) in [6, 6.07) is 0. The van der Waals surface area contributed by atoms with Crippen molar-refractivity contribution >= 4 is 27.0 Å². The summed E-state index contributed by atoms with van der Waals surface area (Å²) >= 11 is 1.17. The van der Waals surface area contributed by atoms with Gasteiger partial charge in [0, 0.05) is 11.2 Å². The molecule has 5 atom stereocenters. The van der Waals surface area contributed by atoms with Gasteiger partial charge in [-0.05, 0) is 49.9 Å². The van der Waals surface area contributed by atoms with E-state index in [9.17, 15) is 18.3 Å². The minimum Gasteiger partial charge on any atom is -0.393 e. The molecule has 22 heavy (non-hydrogen) atoms. The molecule has 0 aromatic heterocycles. The number of rotatable bonds is 5. The first-order valence-electron chi connectivity index (χ1n) is 7.91. The molecule has 2 fully saturated rings. The van der Waals surface area contributed by atoms with Gasteiger partial charge in [0.2, 0.25) is 0 Å². The highest BCUT2D eigenvalue weighted by molar-refractivity contribution is 8.13. The number of carbonyl (C=O) groups is 1. The van der Waals surface area contributed by atoms with E-state index in [1.807, 2.05) is 6.92 Å². The second-order valence-electron chi connectivity index (χ2n) is 7.31. The first-order chi connectivity index (χ1) is 10.1. The van der Waals surface area contributed by atoms with Crippen LogP contribution in [-0.2, 0) is 14.9 Å². The molecular formula is C15H26O5S2. The fourth-order valence-corrected chi connectivity index (χ4v) is 5.89. The lowest BCUT2D eigenvalue weighted by molar-refractivity contribution is -0.127. The molecule has 0 radical (unpaired) electrons. The molecule has 0 amide bonds. The van der Waals surface area contributed by atoms with Crippen molar-refractivity contribution in [3.05, 3.63) is 0 Å². The lowest BCUT2D eigenvalue weighted by Crippen LogP contribution is -2.46. The van der Waals surface area contributed by atoms with Crippen LogP contribution < -0.4 is 0 Å². The molecule has 0 aromatic carbocycles. The molecule has 0 heterocycles. The predicted molar refractivity (Wildman–Crippen MR) is 87.2 cm³/mol. The van der Waals surface area contributed by atoms with E-state index in [0.717, 1.165) is 25.7 Å². The molecule has 0 spiro atoms. The van der Waals surface area contributed by atoms with E-state index in [-0.39, 0.29) is 29.3 Å². The van der Waals surface area contributed by atoms with Crippen molar-refractivity contribution in [2.24, 2.45) is 23.2 Å². The zero-order valence-electron chi connectivity index (χ0n) is 13.2. The second-order valence-corrected chi connectivity index (χ2v) is 9.95. The van der Waals surface area contributed by atoms with Crippen LogP contribution in [0.25, 0.3) is 0 Å².